The zero-order valence-corrected chi connectivity index (χ0v) is 21.5. The Morgan fingerprint density at radius 2 is 1.74 bits per heavy atom. The molecule has 190 valence electrons. The van der Waals surface area contributed by atoms with Gasteiger partial charge in [-0.2, -0.15) is 4.31 Å². The van der Waals surface area contributed by atoms with Crippen LogP contribution in [0.5, 0.6) is 0 Å². The van der Waals surface area contributed by atoms with Crippen LogP contribution in [0.3, 0.4) is 0 Å². The molecule has 0 radical (unpaired) electrons. The van der Waals surface area contributed by atoms with Crippen molar-refractivity contribution >= 4 is 15.9 Å². The molecule has 4 rings (SSSR count). The lowest BCUT2D eigenvalue weighted by Gasteiger charge is -2.34. The van der Waals surface area contributed by atoms with Crippen LogP contribution in [0.2, 0.25) is 0 Å². The molecule has 0 spiro atoms. The number of carbonyl (C=O) groups excluding carboxylic acids is 1. The largest absolute Gasteiger partial charge is 0.352 e. The zero-order valence-electron chi connectivity index (χ0n) is 20.7. The van der Waals surface area contributed by atoms with Gasteiger partial charge in [0, 0.05) is 57.4 Å². The number of carbonyl (C=O) groups is 1. The molecule has 1 unspecified atom stereocenters. The highest BCUT2D eigenvalue weighted by molar-refractivity contribution is 7.89. The molecule has 2 saturated heterocycles. The molecule has 35 heavy (non-hydrogen) atoms. The van der Waals surface area contributed by atoms with Crippen molar-refractivity contribution in [2.45, 2.75) is 50.1 Å². The summed E-state index contributed by atoms with van der Waals surface area (Å²) in [5.41, 5.74) is 1.62. The summed E-state index contributed by atoms with van der Waals surface area (Å²) in [6, 6.07) is 17.3. The van der Waals surface area contributed by atoms with Gasteiger partial charge in [0.1, 0.15) is 0 Å². The van der Waals surface area contributed by atoms with E-state index in [0.717, 1.165) is 26.1 Å². The summed E-state index contributed by atoms with van der Waals surface area (Å²) < 4.78 is 28.1. The number of nitrogens with zero attached hydrogens (tertiary/aromatic N) is 3. The standard InChI is InChI=1S/C27H38N4O3S/c1-23-9-5-6-15-30(23)16-8-14-28-27(32)25-12-7-13-26(21-25)35(33,34)31-19-17-29(18-20-31)22-24-10-3-2-4-11-24/h2-4,7,10-13,21,23H,5-6,8-9,14-20,22H2,1H3,(H,28,32). The summed E-state index contributed by atoms with van der Waals surface area (Å²) in [6.07, 6.45) is 4.69. The second kappa shape index (κ2) is 12.1. The van der Waals surface area contributed by atoms with Crippen LogP contribution in [0.15, 0.2) is 59.5 Å². The molecule has 0 aliphatic carbocycles. The monoisotopic (exact) mass is 498 g/mol. The van der Waals surface area contributed by atoms with Gasteiger partial charge in [0.25, 0.3) is 5.91 Å². The average Bonchev–Trinajstić information content (AvgIpc) is 2.88. The van der Waals surface area contributed by atoms with E-state index in [9.17, 15) is 13.2 Å². The highest BCUT2D eigenvalue weighted by Gasteiger charge is 2.29. The van der Waals surface area contributed by atoms with Crippen LogP contribution in [-0.2, 0) is 16.6 Å². The number of hydrogen-bond acceptors (Lipinski definition) is 5. The van der Waals surface area contributed by atoms with Crippen molar-refractivity contribution < 1.29 is 13.2 Å². The summed E-state index contributed by atoms with van der Waals surface area (Å²) in [5.74, 6) is -0.221. The number of piperazine rings is 1. The number of nitrogens with one attached hydrogen (secondary N) is 1. The van der Waals surface area contributed by atoms with Gasteiger partial charge in [0.15, 0.2) is 0 Å². The Morgan fingerprint density at radius 1 is 0.971 bits per heavy atom. The number of piperidine rings is 1. The predicted molar refractivity (Wildman–Crippen MR) is 139 cm³/mol. The van der Waals surface area contributed by atoms with E-state index in [4.69, 9.17) is 0 Å². The van der Waals surface area contributed by atoms with Crippen LogP contribution < -0.4 is 5.32 Å². The molecule has 8 heteroatoms. The number of rotatable bonds is 9. The second-order valence-corrected chi connectivity index (χ2v) is 11.6. The average molecular weight is 499 g/mol. The van der Waals surface area contributed by atoms with Crippen molar-refractivity contribution in [2.75, 3.05) is 45.8 Å². The molecule has 1 atom stereocenters. The van der Waals surface area contributed by atoms with Crippen molar-refractivity contribution in [3.8, 4) is 0 Å². The minimum Gasteiger partial charge on any atom is -0.352 e. The number of amides is 1. The Kier molecular flexibility index (Phi) is 8.94. The van der Waals surface area contributed by atoms with Crippen LogP contribution in [0.25, 0.3) is 0 Å². The highest BCUT2D eigenvalue weighted by Crippen LogP contribution is 2.20. The van der Waals surface area contributed by atoms with E-state index < -0.39 is 10.0 Å². The van der Waals surface area contributed by atoms with Crippen molar-refractivity contribution in [1.82, 2.24) is 19.4 Å². The Morgan fingerprint density at radius 3 is 2.49 bits per heavy atom. The number of hydrogen-bond donors (Lipinski definition) is 1. The lowest BCUT2D eigenvalue weighted by molar-refractivity contribution is 0.0948. The third-order valence-corrected chi connectivity index (χ3v) is 9.06. The van der Waals surface area contributed by atoms with Gasteiger partial charge in [-0.3, -0.25) is 9.69 Å². The summed E-state index contributed by atoms with van der Waals surface area (Å²) >= 11 is 0. The van der Waals surface area contributed by atoms with E-state index in [-0.39, 0.29) is 10.8 Å². The molecule has 2 aliphatic rings. The second-order valence-electron chi connectivity index (χ2n) is 9.68. The molecule has 2 aliphatic heterocycles. The lowest BCUT2D eigenvalue weighted by Crippen LogP contribution is -2.48. The van der Waals surface area contributed by atoms with Crippen LogP contribution >= 0.6 is 0 Å². The molecule has 2 aromatic rings. The van der Waals surface area contributed by atoms with E-state index in [1.807, 2.05) is 18.2 Å². The maximum atomic E-state index is 13.3. The summed E-state index contributed by atoms with van der Waals surface area (Å²) in [4.78, 5) is 17.6. The van der Waals surface area contributed by atoms with E-state index in [1.165, 1.54) is 35.2 Å². The Hall–Kier alpha value is -2.26. The van der Waals surface area contributed by atoms with Gasteiger partial charge in [-0.1, -0.05) is 42.8 Å². The van der Waals surface area contributed by atoms with E-state index in [2.05, 4.69) is 34.2 Å². The topological polar surface area (TPSA) is 73.0 Å². The lowest BCUT2D eigenvalue weighted by atomic mass is 10.0. The summed E-state index contributed by atoms with van der Waals surface area (Å²) in [6.45, 7) is 8.05. The first-order valence-electron chi connectivity index (χ1n) is 12.8. The fourth-order valence-corrected chi connectivity index (χ4v) is 6.46. The Balaban J connectivity index is 1.28. The molecule has 1 N–H and O–H groups in total. The normalized spacial score (nSPS) is 20.5. The Labute approximate surface area is 210 Å². The van der Waals surface area contributed by atoms with Crippen molar-refractivity contribution in [3.05, 3.63) is 65.7 Å². The van der Waals surface area contributed by atoms with Gasteiger partial charge in [0.05, 0.1) is 4.90 Å². The Bertz CT molecular complexity index is 1070. The minimum absolute atomic E-state index is 0.184. The van der Waals surface area contributed by atoms with Crippen molar-refractivity contribution in [2.24, 2.45) is 0 Å². The van der Waals surface area contributed by atoms with Gasteiger partial charge in [-0.15, -0.1) is 0 Å². The SMILES string of the molecule is CC1CCCCN1CCCNC(=O)c1cccc(S(=O)(=O)N2CCN(Cc3ccccc3)CC2)c1. The summed E-state index contributed by atoms with van der Waals surface area (Å²) in [7, 11) is -3.64. The van der Waals surface area contributed by atoms with E-state index >= 15 is 0 Å². The smallest absolute Gasteiger partial charge is 0.251 e. The highest BCUT2D eigenvalue weighted by atomic mass is 32.2. The van der Waals surface area contributed by atoms with Gasteiger partial charge < -0.3 is 10.2 Å². The first-order valence-corrected chi connectivity index (χ1v) is 14.3. The maximum Gasteiger partial charge on any atom is 0.251 e. The van der Waals surface area contributed by atoms with Crippen LogP contribution in [0, 0.1) is 0 Å². The predicted octanol–water partition coefficient (Wildman–Crippen LogP) is 3.19. The molecule has 1 amide bonds. The minimum atomic E-state index is -3.64. The quantitative estimate of drug-likeness (QED) is 0.538. The fourth-order valence-electron chi connectivity index (χ4n) is 4.99. The van der Waals surface area contributed by atoms with Crippen LogP contribution in [-0.4, -0.2) is 80.3 Å². The first-order chi connectivity index (χ1) is 16.9. The van der Waals surface area contributed by atoms with Crippen LogP contribution in [0.4, 0.5) is 0 Å². The molecular formula is C27H38N4O3S. The third-order valence-electron chi connectivity index (χ3n) is 7.16. The third kappa shape index (κ3) is 6.91. The molecule has 0 saturated carbocycles. The molecule has 2 aromatic carbocycles. The van der Waals surface area contributed by atoms with E-state index in [0.29, 0.717) is 44.3 Å². The van der Waals surface area contributed by atoms with Gasteiger partial charge >= 0.3 is 0 Å². The fraction of sp³-hybridized carbons (Fsp3) is 0.519. The number of sulfonamides is 1. The van der Waals surface area contributed by atoms with Crippen molar-refractivity contribution in [1.29, 1.82) is 0 Å². The molecule has 2 heterocycles. The van der Waals surface area contributed by atoms with E-state index in [1.54, 1.807) is 18.2 Å². The maximum absolute atomic E-state index is 13.3. The molecule has 0 bridgehead atoms. The molecular weight excluding hydrogens is 460 g/mol. The molecule has 0 aromatic heterocycles. The molecule has 2 fully saturated rings. The number of benzene rings is 2. The van der Waals surface area contributed by atoms with Gasteiger partial charge in [-0.05, 0) is 56.5 Å². The van der Waals surface area contributed by atoms with Gasteiger partial charge in [-0.25, -0.2) is 8.42 Å². The summed E-state index contributed by atoms with van der Waals surface area (Å²) in [5, 5.41) is 2.96. The first kappa shape index (κ1) is 25.8. The van der Waals surface area contributed by atoms with Crippen molar-refractivity contribution in [3.63, 3.8) is 0 Å². The zero-order chi connectivity index (χ0) is 24.7. The molecule has 7 nitrogen and oxygen atoms in total. The van der Waals surface area contributed by atoms with Gasteiger partial charge in [0.2, 0.25) is 10.0 Å². The number of likely N-dealkylation sites (tertiary alicyclic amines) is 1. The van der Waals surface area contributed by atoms with Crippen LogP contribution in [0.1, 0.15) is 48.5 Å².